The highest BCUT2D eigenvalue weighted by molar-refractivity contribution is 5.20. The molecule has 1 N–H and O–H groups in total. The van der Waals surface area contributed by atoms with Gasteiger partial charge in [0, 0.05) is 25.4 Å². The molecule has 0 unspecified atom stereocenters. The number of hydrogen-bond donors (Lipinski definition) is 1. The molecule has 0 bridgehead atoms. The second kappa shape index (κ2) is 8.99. The molecular weight excluding hydrogens is 424 g/mol. The molecule has 9 atom stereocenters. The SMILES string of the molecule is CO[C@H]1CC[C@]2(C)[C@H]3CC[C@]4(C)[C@@H]([C@H](C)CCCC(C)C)CC[C@H]4[C@@H]3CC3(OCCO3)[C@@]2(O)C1. The van der Waals surface area contributed by atoms with Gasteiger partial charge in [-0.1, -0.05) is 53.9 Å². The van der Waals surface area contributed by atoms with Crippen LogP contribution in [0, 0.1) is 46.3 Å². The van der Waals surface area contributed by atoms with Gasteiger partial charge in [0.1, 0.15) is 5.60 Å². The topological polar surface area (TPSA) is 47.9 Å². The molecule has 4 saturated carbocycles. The minimum Gasteiger partial charge on any atom is -0.384 e. The van der Waals surface area contributed by atoms with Crippen molar-refractivity contribution >= 4 is 0 Å². The zero-order chi connectivity index (χ0) is 24.4. The predicted octanol–water partition coefficient (Wildman–Crippen LogP) is 6.59. The van der Waals surface area contributed by atoms with Crippen LogP contribution in [0.2, 0.25) is 0 Å². The van der Waals surface area contributed by atoms with Gasteiger partial charge < -0.3 is 19.3 Å². The maximum atomic E-state index is 12.5. The third-order valence-electron chi connectivity index (χ3n) is 12.1. The van der Waals surface area contributed by atoms with Crippen LogP contribution in [0.15, 0.2) is 0 Å². The summed E-state index contributed by atoms with van der Waals surface area (Å²) in [5, 5.41) is 12.5. The van der Waals surface area contributed by atoms with Crippen LogP contribution < -0.4 is 0 Å². The van der Waals surface area contributed by atoms with Crippen molar-refractivity contribution in [2.24, 2.45) is 46.3 Å². The second-order valence-electron chi connectivity index (χ2n) is 13.9. The molecule has 1 saturated heterocycles. The fourth-order valence-corrected chi connectivity index (χ4v) is 10.3. The molecule has 0 aromatic carbocycles. The second-order valence-corrected chi connectivity index (χ2v) is 13.9. The van der Waals surface area contributed by atoms with E-state index in [-0.39, 0.29) is 11.5 Å². The Labute approximate surface area is 208 Å². The van der Waals surface area contributed by atoms with Crippen molar-refractivity contribution in [1.29, 1.82) is 0 Å². The van der Waals surface area contributed by atoms with E-state index >= 15 is 0 Å². The van der Waals surface area contributed by atoms with Crippen LogP contribution in [0.5, 0.6) is 0 Å². The van der Waals surface area contributed by atoms with Crippen molar-refractivity contribution in [3.05, 3.63) is 0 Å². The molecule has 0 amide bonds. The fourth-order valence-electron chi connectivity index (χ4n) is 10.3. The molecule has 1 aliphatic heterocycles. The van der Waals surface area contributed by atoms with Crippen LogP contribution in [0.4, 0.5) is 0 Å². The first-order chi connectivity index (χ1) is 16.1. The highest BCUT2D eigenvalue weighted by Crippen LogP contribution is 2.72. The minimum absolute atomic E-state index is 0.0932. The van der Waals surface area contributed by atoms with E-state index in [1.54, 1.807) is 7.11 Å². The molecule has 1 spiro atoms. The van der Waals surface area contributed by atoms with Gasteiger partial charge in [-0.15, -0.1) is 0 Å². The first-order valence-corrected chi connectivity index (χ1v) is 14.6. The summed E-state index contributed by atoms with van der Waals surface area (Å²) in [6.07, 6.45) is 13.1. The minimum atomic E-state index is -0.966. The fraction of sp³-hybridized carbons (Fsp3) is 1.00. The van der Waals surface area contributed by atoms with Gasteiger partial charge in [0.25, 0.3) is 0 Å². The third kappa shape index (κ3) is 3.59. The number of rotatable bonds is 6. The molecule has 4 heteroatoms. The average molecular weight is 477 g/mol. The zero-order valence-electron chi connectivity index (χ0n) is 22.9. The van der Waals surface area contributed by atoms with Gasteiger partial charge in [0.15, 0.2) is 5.79 Å². The van der Waals surface area contributed by atoms with E-state index in [2.05, 4.69) is 34.6 Å². The number of methoxy groups -OCH3 is 1. The summed E-state index contributed by atoms with van der Waals surface area (Å²) in [5.74, 6) is 3.49. The lowest BCUT2D eigenvalue weighted by molar-refractivity contribution is -0.371. The molecule has 5 rings (SSSR count). The van der Waals surface area contributed by atoms with E-state index in [0.29, 0.717) is 36.9 Å². The third-order valence-corrected chi connectivity index (χ3v) is 12.1. The van der Waals surface area contributed by atoms with Gasteiger partial charge in [-0.05, 0) is 79.4 Å². The summed E-state index contributed by atoms with van der Waals surface area (Å²) in [6, 6.07) is 0. The Morgan fingerprint density at radius 2 is 1.65 bits per heavy atom. The zero-order valence-corrected chi connectivity index (χ0v) is 22.9. The molecule has 196 valence electrons. The number of hydrogen-bond acceptors (Lipinski definition) is 4. The Bertz CT molecular complexity index is 731. The average Bonchev–Trinajstić information content (AvgIpc) is 3.40. The van der Waals surface area contributed by atoms with Crippen molar-refractivity contribution in [2.75, 3.05) is 20.3 Å². The highest BCUT2D eigenvalue weighted by Gasteiger charge is 2.74. The van der Waals surface area contributed by atoms with E-state index < -0.39 is 11.4 Å². The van der Waals surface area contributed by atoms with Crippen LogP contribution in [0.1, 0.15) is 105 Å². The predicted molar refractivity (Wildman–Crippen MR) is 135 cm³/mol. The summed E-state index contributed by atoms with van der Waals surface area (Å²) in [7, 11) is 1.79. The first kappa shape index (κ1) is 25.5. The van der Waals surface area contributed by atoms with Gasteiger partial charge in [0.2, 0.25) is 0 Å². The van der Waals surface area contributed by atoms with E-state index in [9.17, 15) is 5.11 Å². The Hall–Kier alpha value is -0.160. The monoisotopic (exact) mass is 476 g/mol. The molecule has 0 aromatic rings. The lowest BCUT2D eigenvalue weighted by atomic mass is 9.41. The Balaban J connectivity index is 1.42. The maximum Gasteiger partial charge on any atom is 0.198 e. The molecule has 4 nitrogen and oxygen atoms in total. The molecular formula is C30H52O4. The Kier molecular flexibility index (Phi) is 6.74. The molecule has 5 fully saturated rings. The largest absolute Gasteiger partial charge is 0.384 e. The lowest BCUT2D eigenvalue weighted by Crippen LogP contribution is -2.74. The maximum absolute atomic E-state index is 12.5. The van der Waals surface area contributed by atoms with E-state index in [4.69, 9.17) is 14.2 Å². The Morgan fingerprint density at radius 3 is 2.32 bits per heavy atom. The van der Waals surface area contributed by atoms with E-state index in [0.717, 1.165) is 42.9 Å². The molecule has 4 aliphatic carbocycles. The Morgan fingerprint density at radius 1 is 0.912 bits per heavy atom. The summed E-state index contributed by atoms with van der Waals surface area (Å²) < 4.78 is 18.7. The van der Waals surface area contributed by atoms with Crippen molar-refractivity contribution < 1.29 is 19.3 Å². The summed E-state index contributed by atoms with van der Waals surface area (Å²) >= 11 is 0. The van der Waals surface area contributed by atoms with Gasteiger partial charge in [-0.25, -0.2) is 0 Å². The number of fused-ring (bicyclic) bond motifs is 6. The first-order valence-electron chi connectivity index (χ1n) is 14.6. The lowest BCUT2D eigenvalue weighted by Gasteiger charge is -2.68. The summed E-state index contributed by atoms with van der Waals surface area (Å²) in [4.78, 5) is 0. The van der Waals surface area contributed by atoms with Crippen molar-refractivity contribution in [3.8, 4) is 0 Å². The van der Waals surface area contributed by atoms with E-state index in [1.165, 1.54) is 44.9 Å². The number of aliphatic hydroxyl groups is 1. The van der Waals surface area contributed by atoms with Crippen LogP contribution in [-0.2, 0) is 14.2 Å². The quantitative estimate of drug-likeness (QED) is 0.470. The van der Waals surface area contributed by atoms with Crippen LogP contribution in [0.25, 0.3) is 0 Å². The molecule has 0 aromatic heterocycles. The molecule has 34 heavy (non-hydrogen) atoms. The van der Waals surface area contributed by atoms with E-state index in [1.807, 2.05) is 0 Å². The van der Waals surface area contributed by atoms with Crippen LogP contribution >= 0.6 is 0 Å². The number of ether oxygens (including phenoxy) is 3. The smallest absolute Gasteiger partial charge is 0.198 e. The van der Waals surface area contributed by atoms with Gasteiger partial charge in [0.05, 0.1) is 19.3 Å². The van der Waals surface area contributed by atoms with Crippen molar-refractivity contribution in [2.45, 2.75) is 123 Å². The normalized spacial score (nSPS) is 48.5. The summed E-state index contributed by atoms with van der Waals surface area (Å²) in [6.45, 7) is 13.5. The standard InChI is InChI=1S/C30H52O4/c1-20(2)8-7-9-21(3)24-10-11-25-23-19-30(33-16-17-34-30)29(31)18-22(32-6)12-15-28(29,5)26(23)13-14-27(24,25)4/h20-26,31H,7-19H2,1-6H3/t21-,22+,23+,24-,25+,26+,27-,28-,29-/m1/s1. The highest BCUT2D eigenvalue weighted by atomic mass is 16.7. The van der Waals surface area contributed by atoms with Gasteiger partial charge in [-0.2, -0.15) is 0 Å². The van der Waals surface area contributed by atoms with Crippen molar-refractivity contribution in [3.63, 3.8) is 0 Å². The van der Waals surface area contributed by atoms with Gasteiger partial charge >= 0.3 is 0 Å². The van der Waals surface area contributed by atoms with Crippen LogP contribution in [0.3, 0.4) is 0 Å². The molecule has 0 radical (unpaired) electrons. The van der Waals surface area contributed by atoms with Crippen LogP contribution in [-0.4, -0.2) is 42.9 Å². The summed E-state index contributed by atoms with van der Waals surface area (Å²) in [5.41, 5.74) is -0.710. The molecule has 5 aliphatic rings. The van der Waals surface area contributed by atoms with Gasteiger partial charge in [-0.3, -0.25) is 0 Å². The molecule has 1 heterocycles. The van der Waals surface area contributed by atoms with Crippen molar-refractivity contribution in [1.82, 2.24) is 0 Å².